The van der Waals surface area contributed by atoms with Crippen LogP contribution in [0.5, 0.6) is 5.75 Å². The van der Waals surface area contributed by atoms with Crippen molar-refractivity contribution in [2.45, 2.75) is 38.1 Å². The van der Waals surface area contributed by atoms with E-state index in [0.29, 0.717) is 5.92 Å². The van der Waals surface area contributed by atoms with Crippen LogP contribution >= 0.6 is 0 Å². The highest BCUT2D eigenvalue weighted by Gasteiger charge is 2.28. The largest absolute Gasteiger partial charge is 0.497 e. The summed E-state index contributed by atoms with van der Waals surface area (Å²) in [5.74, 6) is 3.33. The number of ether oxygens (including phenoxy) is 1. The van der Waals surface area contributed by atoms with Gasteiger partial charge in [0, 0.05) is 17.7 Å². The predicted octanol–water partition coefficient (Wildman–Crippen LogP) is 3.25. The molecule has 1 aromatic heterocycles. The minimum Gasteiger partial charge on any atom is -0.497 e. The van der Waals surface area contributed by atoms with Gasteiger partial charge in [-0.3, -0.25) is 5.10 Å². The lowest BCUT2D eigenvalue weighted by Gasteiger charge is -2.15. The van der Waals surface area contributed by atoms with Gasteiger partial charge in [0.2, 0.25) is 0 Å². The first-order valence-electron chi connectivity index (χ1n) is 7.13. The monoisotopic (exact) mass is 272 g/mol. The van der Waals surface area contributed by atoms with Crippen molar-refractivity contribution in [3.05, 3.63) is 35.9 Å². The molecular formula is C15H20N4O. The molecule has 1 saturated carbocycles. The van der Waals surface area contributed by atoms with E-state index in [1.54, 1.807) is 7.11 Å². The van der Waals surface area contributed by atoms with Gasteiger partial charge in [0.05, 0.1) is 13.2 Å². The van der Waals surface area contributed by atoms with Crippen LogP contribution in [0, 0.1) is 0 Å². The molecule has 1 atom stereocenters. The van der Waals surface area contributed by atoms with E-state index in [1.807, 2.05) is 24.3 Å². The van der Waals surface area contributed by atoms with Crippen molar-refractivity contribution in [2.24, 2.45) is 0 Å². The first kappa shape index (κ1) is 13.0. The highest BCUT2D eigenvalue weighted by Crippen LogP contribution is 2.38. The molecule has 5 heteroatoms. The Hall–Kier alpha value is -2.04. The molecule has 1 aromatic carbocycles. The minimum atomic E-state index is 0.117. The Kier molecular flexibility index (Phi) is 3.58. The van der Waals surface area contributed by atoms with Gasteiger partial charge in [-0.15, -0.1) is 0 Å². The fourth-order valence-electron chi connectivity index (χ4n) is 2.25. The summed E-state index contributed by atoms with van der Waals surface area (Å²) in [5, 5.41) is 10.9. The zero-order chi connectivity index (χ0) is 13.9. The van der Waals surface area contributed by atoms with Gasteiger partial charge in [0.1, 0.15) is 11.6 Å². The fraction of sp³-hybridized carbons (Fsp3) is 0.467. The number of nitrogens with one attached hydrogen (secondary N) is 2. The molecule has 0 unspecified atom stereocenters. The summed E-state index contributed by atoms with van der Waals surface area (Å²) < 4.78 is 5.24. The first-order valence-corrected chi connectivity index (χ1v) is 7.13. The highest BCUT2D eigenvalue weighted by atomic mass is 16.5. The van der Waals surface area contributed by atoms with Crippen molar-refractivity contribution in [3.8, 4) is 5.75 Å². The zero-order valence-corrected chi connectivity index (χ0v) is 11.9. The molecule has 106 valence electrons. The summed E-state index contributed by atoms with van der Waals surface area (Å²) in [7, 11) is 1.67. The molecule has 1 fully saturated rings. The van der Waals surface area contributed by atoms with Crippen molar-refractivity contribution in [3.63, 3.8) is 0 Å². The summed E-state index contributed by atoms with van der Waals surface area (Å²) in [6.45, 7) is 2.13. The second-order valence-corrected chi connectivity index (χ2v) is 5.19. The predicted molar refractivity (Wildman–Crippen MR) is 78.0 cm³/mol. The highest BCUT2D eigenvalue weighted by molar-refractivity contribution is 5.49. The lowest BCUT2D eigenvalue weighted by molar-refractivity contribution is 0.415. The van der Waals surface area contributed by atoms with Gasteiger partial charge in [0.25, 0.3) is 0 Å². The summed E-state index contributed by atoms with van der Waals surface area (Å²) in [6.07, 6.45) is 3.39. The summed E-state index contributed by atoms with van der Waals surface area (Å²) in [4.78, 5) is 4.62. The third kappa shape index (κ3) is 2.76. The molecule has 0 saturated heterocycles. The third-order valence-corrected chi connectivity index (χ3v) is 3.61. The van der Waals surface area contributed by atoms with Gasteiger partial charge < -0.3 is 10.1 Å². The second kappa shape index (κ2) is 5.53. The van der Waals surface area contributed by atoms with Crippen LogP contribution in [0.4, 0.5) is 5.69 Å². The molecule has 1 aliphatic rings. The molecule has 2 aromatic rings. The van der Waals surface area contributed by atoms with Crippen LogP contribution in [0.25, 0.3) is 0 Å². The number of rotatable bonds is 6. The van der Waals surface area contributed by atoms with Gasteiger partial charge >= 0.3 is 0 Å². The lowest BCUT2D eigenvalue weighted by atomic mass is 10.2. The molecule has 0 spiro atoms. The topological polar surface area (TPSA) is 62.8 Å². The van der Waals surface area contributed by atoms with E-state index in [9.17, 15) is 0 Å². The standard InChI is InChI=1S/C15H20N4O/c1-3-13(15-17-14(18-19-15)10-7-8-10)16-11-5-4-6-12(9-11)20-2/h4-6,9-10,13,16H,3,7-8H2,1-2H3,(H,17,18,19)/t13-/m1/s1. The Bertz CT molecular complexity index is 577. The lowest BCUT2D eigenvalue weighted by Crippen LogP contribution is -2.11. The van der Waals surface area contributed by atoms with Gasteiger partial charge in [-0.25, -0.2) is 4.98 Å². The van der Waals surface area contributed by atoms with E-state index in [4.69, 9.17) is 4.74 Å². The van der Waals surface area contributed by atoms with Gasteiger partial charge in [-0.05, 0) is 31.4 Å². The normalized spacial score (nSPS) is 15.9. The van der Waals surface area contributed by atoms with Gasteiger partial charge in [-0.1, -0.05) is 13.0 Å². The maximum absolute atomic E-state index is 5.24. The van der Waals surface area contributed by atoms with Crippen LogP contribution in [0.1, 0.15) is 49.8 Å². The minimum absolute atomic E-state index is 0.117. The van der Waals surface area contributed by atoms with E-state index in [-0.39, 0.29) is 6.04 Å². The molecule has 20 heavy (non-hydrogen) atoms. The molecule has 1 aliphatic carbocycles. The smallest absolute Gasteiger partial charge is 0.172 e. The number of methoxy groups -OCH3 is 1. The van der Waals surface area contributed by atoms with E-state index in [1.165, 1.54) is 12.8 Å². The summed E-state index contributed by atoms with van der Waals surface area (Å²) in [6, 6.07) is 8.04. The van der Waals surface area contributed by atoms with Crippen molar-refractivity contribution < 1.29 is 4.74 Å². The number of anilines is 1. The van der Waals surface area contributed by atoms with Crippen molar-refractivity contribution in [1.82, 2.24) is 15.2 Å². The molecule has 5 nitrogen and oxygen atoms in total. The van der Waals surface area contributed by atoms with Crippen LogP contribution in [-0.2, 0) is 0 Å². The van der Waals surface area contributed by atoms with E-state index in [2.05, 4.69) is 27.4 Å². The molecule has 2 N–H and O–H groups in total. The van der Waals surface area contributed by atoms with Crippen molar-refractivity contribution >= 4 is 5.69 Å². The zero-order valence-electron chi connectivity index (χ0n) is 11.9. The first-order chi connectivity index (χ1) is 9.80. The molecule has 1 heterocycles. The Labute approximate surface area is 118 Å². The van der Waals surface area contributed by atoms with Crippen LogP contribution in [0.3, 0.4) is 0 Å². The number of benzene rings is 1. The SMILES string of the molecule is CC[C@@H](Nc1cccc(OC)c1)c1n[nH]c(C2CC2)n1. The Morgan fingerprint density at radius 3 is 3.00 bits per heavy atom. The molecule has 3 rings (SSSR count). The Morgan fingerprint density at radius 2 is 2.30 bits per heavy atom. The number of H-pyrrole nitrogens is 1. The van der Waals surface area contributed by atoms with E-state index in [0.717, 1.165) is 29.5 Å². The number of hydrogen-bond donors (Lipinski definition) is 2. The molecule has 0 radical (unpaired) electrons. The average molecular weight is 272 g/mol. The van der Waals surface area contributed by atoms with E-state index < -0.39 is 0 Å². The quantitative estimate of drug-likeness (QED) is 0.847. The van der Waals surface area contributed by atoms with Crippen molar-refractivity contribution in [2.75, 3.05) is 12.4 Å². The third-order valence-electron chi connectivity index (χ3n) is 3.61. The van der Waals surface area contributed by atoms with E-state index >= 15 is 0 Å². The number of hydrogen-bond acceptors (Lipinski definition) is 4. The Morgan fingerprint density at radius 1 is 1.45 bits per heavy atom. The molecule has 0 bridgehead atoms. The van der Waals surface area contributed by atoms with Crippen LogP contribution in [-0.4, -0.2) is 22.3 Å². The number of aromatic amines is 1. The fourth-order valence-corrected chi connectivity index (χ4v) is 2.25. The number of aromatic nitrogens is 3. The maximum Gasteiger partial charge on any atom is 0.172 e. The number of nitrogens with zero attached hydrogens (tertiary/aromatic N) is 2. The van der Waals surface area contributed by atoms with Crippen LogP contribution in [0.2, 0.25) is 0 Å². The summed E-state index contributed by atoms with van der Waals surface area (Å²) >= 11 is 0. The van der Waals surface area contributed by atoms with Crippen LogP contribution in [0.15, 0.2) is 24.3 Å². The molecule has 0 aliphatic heterocycles. The average Bonchev–Trinajstić information content (AvgIpc) is 3.23. The summed E-state index contributed by atoms with van der Waals surface area (Å²) in [5.41, 5.74) is 1.02. The van der Waals surface area contributed by atoms with Crippen molar-refractivity contribution in [1.29, 1.82) is 0 Å². The van der Waals surface area contributed by atoms with Crippen LogP contribution < -0.4 is 10.1 Å². The second-order valence-electron chi connectivity index (χ2n) is 5.19. The maximum atomic E-state index is 5.24. The van der Waals surface area contributed by atoms with Gasteiger partial charge in [0.15, 0.2) is 5.82 Å². The van der Waals surface area contributed by atoms with Gasteiger partial charge in [-0.2, -0.15) is 5.10 Å². The molecule has 0 amide bonds. The molecular weight excluding hydrogens is 252 g/mol. The Balaban J connectivity index is 1.74.